The van der Waals surface area contributed by atoms with Crippen molar-refractivity contribution in [3.8, 4) is 0 Å². The van der Waals surface area contributed by atoms with Crippen molar-refractivity contribution in [2.24, 2.45) is 18.1 Å². The summed E-state index contributed by atoms with van der Waals surface area (Å²) in [6.45, 7) is 5.64. The van der Waals surface area contributed by atoms with Gasteiger partial charge >= 0.3 is 0 Å². The summed E-state index contributed by atoms with van der Waals surface area (Å²) in [7, 11) is 1.83. The number of hydrogen-bond acceptors (Lipinski definition) is 5. The molecule has 0 saturated carbocycles. The fourth-order valence-corrected chi connectivity index (χ4v) is 4.49. The lowest BCUT2D eigenvalue weighted by Crippen LogP contribution is -2.50. The number of fused-ring (bicyclic) bond motifs is 1. The molecule has 4 heterocycles. The highest BCUT2D eigenvalue weighted by Crippen LogP contribution is 2.34. The maximum atomic E-state index is 13.0. The molecule has 3 atom stereocenters. The molecule has 2 saturated heterocycles. The second kappa shape index (κ2) is 6.10. The maximum Gasteiger partial charge on any atom is 0.272 e. The van der Waals surface area contributed by atoms with E-state index >= 15 is 0 Å². The Morgan fingerprint density at radius 3 is 2.81 bits per heavy atom. The molecule has 2 amide bonds. The third-order valence-corrected chi connectivity index (χ3v) is 5.81. The summed E-state index contributed by atoms with van der Waals surface area (Å²) in [5, 5.41) is 3.95. The van der Waals surface area contributed by atoms with Crippen LogP contribution in [0.3, 0.4) is 0 Å². The lowest BCUT2D eigenvalue weighted by atomic mass is 9.92. The highest BCUT2D eigenvalue weighted by atomic mass is 16.7. The van der Waals surface area contributed by atoms with Gasteiger partial charge in [0.2, 0.25) is 5.60 Å². The van der Waals surface area contributed by atoms with Gasteiger partial charge in [0.15, 0.2) is 0 Å². The van der Waals surface area contributed by atoms with E-state index in [2.05, 4.69) is 10.1 Å². The van der Waals surface area contributed by atoms with Gasteiger partial charge in [-0.3, -0.25) is 9.59 Å². The Labute approximate surface area is 152 Å². The number of carbonyl (C=O) groups is 2. The minimum atomic E-state index is -0.908. The highest BCUT2D eigenvalue weighted by Gasteiger charge is 2.49. The molecule has 1 unspecified atom stereocenters. The summed E-state index contributed by atoms with van der Waals surface area (Å²) in [6.07, 6.45) is 5.77. The van der Waals surface area contributed by atoms with Crippen LogP contribution < -0.4 is 0 Å². The molecule has 0 bridgehead atoms. The molecule has 4 rings (SSSR count). The number of piperidine rings is 1. The largest absolute Gasteiger partial charge is 0.379 e. The van der Waals surface area contributed by atoms with E-state index in [4.69, 9.17) is 4.84 Å². The van der Waals surface area contributed by atoms with Crippen LogP contribution in [0.4, 0.5) is 0 Å². The van der Waals surface area contributed by atoms with Crippen LogP contribution in [0.1, 0.15) is 43.6 Å². The Morgan fingerprint density at radius 2 is 2.15 bits per heavy atom. The van der Waals surface area contributed by atoms with Gasteiger partial charge in [-0.1, -0.05) is 5.16 Å². The molecule has 26 heavy (non-hydrogen) atoms. The van der Waals surface area contributed by atoms with Gasteiger partial charge in [-0.15, -0.1) is 0 Å². The standard InChI is InChI=1S/C18H25N5O3/c1-12-7-18(2,26-20-12)17(25)22-9-13-5-4-6-23(15(13)10-22)16(24)14-8-19-11-21(14)3/h8,11,13,15H,4-7,9-10H2,1-3H3/t13-,15+,18?/m0/s1. The average molecular weight is 359 g/mol. The van der Waals surface area contributed by atoms with Crippen molar-refractivity contribution in [1.29, 1.82) is 0 Å². The van der Waals surface area contributed by atoms with E-state index in [1.54, 1.807) is 24.0 Å². The number of carbonyl (C=O) groups excluding carboxylic acids is 2. The van der Waals surface area contributed by atoms with Crippen LogP contribution in [-0.2, 0) is 16.7 Å². The molecule has 140 valence electrons. The molecule has 3 aliphatic rings. The minimum Gasteiger partial charge on any atom is -0.379 e. The Kier molecular flexibility index (Phi) is 4.00. The summed E-state index contributed by atoms with van der Waals surface area (Å²) >= 11 is 0. The van der Waals surface area contributed by atoms with Gasteiger partial charge in [0.1, 0.15) is 5.69 Å². The normalized spacial score (nSPS) is 30.8. The summed E-state index contributed by atoms with van der Waals surface area (Å²) in [4.78, 5) is 39.3. The van der Waals surface area contributed by atoms with Crippen molar-refractivity contribution in [3.63, 3.8) is 0 Å². The first-order valence-corrected chi connectivity index (χ1v) is 9.17. The monoisotopic (exact) mass is 359 g/mol. The molecule has 8 nitrogen and oxygen atoms in total. The number of rotatable bonds is 2. The number of aromatic nitrogens is 2. The van der Waals surface area contributed by atoms with Crippen molar-refractivity contribution >= 4 is 17.5 Å². The number of nitrogens with zero attached hydrogens (tertiary/aromatic N) is 5. The van der Waals surface area contributed by atoms with Crippen LogP contribution in [0.15, 0.2) is 17.7 Å². The Hall–Kier alpha value is -2.38. The van der Waals surface area contributed by atoms with E-state index in [0.29, 0.717) is 31.1 Å². The van der Waals surface area contributed by atoms with Crippen LogP contribution in [-0.4, -0.2) is 68.2 Å². The zero-order valence-electron chi connectivity index (χ0n) is 15.5. The van der Waals surface area contributed by atoms with Crippen molar-refractivity contribution in [3.05, 3.63) is 18.2 Å². The molecule has 0 N–H and O–H groups in total. The predicted octanol–water partition coefficient (Wildman–Crippen LogP) is 1.04. The Balaban J connectivity index is 1.51. The van der Waals surface area contributed by atoms with E-state index in [1.807, 2.05) is 23.8 Å². The molecule has 3 aliphatic heterocycles. The van der Waals surface area contributed by atoms with Gasteiger partial charge in [-0.05, 0) is 32.6 Å². The van der Waals surface area contributed by atoms with Gasteiger partial charge in [-0.2, -0.15) is 0 Å². The number of aryl methyl sites for hydroxylation is 1. The molecule has 0 spiro atoms. The van der Waals surface area contributed by atoms with E-state index < -0.39 is 5.60 Å². The smallest absolute Gasteiger partial charge is 0.272 e. The van der Waals surface area contributed by atoms with E-state index in [1.165, 1.54) is 0 Å². The fraction of sp³-hybridized carbons (Fsp3) is 0.667. The summed E-state index contributed by atoms with van der Waals surface area (Å²) in [6, 6.07) is 0.0575. The molecule has 1 aromatic rings. The number of imidazole rings is 1. The molecule has 0 radical (unpaired) electrons. The maximum absolute atomic E-state index is 13.0. The molecular weight excluding hydrogens is 334 g/mol. The predicted molar refractivity (Wildman–Crippen MR) is 94.6 cm³/mol. The first-order valence-electron chi connectivity index (χ1n) is 9.17. The third kappa shape index (κ3) is 2.68. The highest BCUT2D eigenvalue weighted by molar-refractivity contribution is 5.95. The molecule has 0 aromatic carbocycles. The number of amides is 2. The summed E-state index contributed by atoms with van der Waals surface area (Å²) in [5.74, 6) is 0.286. The van der Waals surface area contributed by atoms with Gasteiger partial charge in [0, 0.05) is 33.1 Å². The number of oxime groups is 1. The van der Waals surface area contributed by atoms with Crippen LogP contribution >= 0.6 is 0 Å². The summed E-state index contributed by atoms with van der Waals surface area (Å²) in [5.41, 5.74) is 0.519. The van der Waals surface area contributed by atoms with E-state index in [-0.39, 0.29) is 17.9 Å². The topological polar surface area (TPSA) is 80.0 Å². The van der Waals surface area contributed by atoms with Gasteiger partial charge < -0.3 is 19.2 Å². The number of likely N-dealkylation sites (tertiary alicyclic amines) is 2. The van der Waals surface area contributed by atoms with Gasteiger partial charge in [-0.25, -0.2) is 4.98 Å². The zero-order chi connectivity index (χ0) is 18.5. The van der Waals surface area contributed by atoms with Crippen LogP contribution in [0, 0.1) is 5.92 Å². The second-order valence-corrected chi connectivity index (χ2v) is 7.89. The van der Waals surface area contributed by atoms with Crippen LogP contribution in [0.2, 0.25) is 0 Å². The number of hydrogen-bond donors (Lipinski definition) is 0. The van der Waals surface area contributed by atoms with Crippen LogP contribution in [0.5, 0.6) is 0 Å². The Morgan fingerprint density at radius 1 is 1.35 bits per heavy atom. The lowest BCUT2D eigenvalue weighted by Gasteiger charge is -2.36. The van der Waals surface area contributed by atoms with Crippen LogP contribution in [0.25, 0.3) is 0 Å². The lowest BCUT2D eigenvalue weighted by molar-refractivity contribution is -0.152. The van der Waals surface area contributed by atoms with Gasteiger partial charge in [0.05, 0.1) is 24.3 Å². The fourth-order valence-electron chi connectivity index (χ4n) is 4.49. The quantitative estimate of drug-likeness (QED) is 0.790. The summed E-state index contributed by atoms with van der Waals surface area (Å²) < 4.78 is 1.75. The molecule has 2 fully saturated rings. The van der Waals surface area contributed by atoms with E-state index in [9.17, 15) is 9.59 Å². The Bertz CT molecular complexity index is 773. The van der Waals surface area contributed by atoms with Crippen molar-refractivity contribution in [2.45, 2.75) is 44.8 Å². The van der Waals surface area contributed by atoms with Crippen molar-refractivity contribution in [1.82, 2.24) is 19.4 Å². The minimum absolute atomic E-state index is 0.00324. The third-order valence-electron chi connectivity index (χ3n) is 5.81. The SMILES string of the molecule is CC1=NOC(C)(C(=O)N2C[C@@H]3CCCN(C(=O)c4cncn4C)[C@@H]3C2)C1. The molecule has 8 heteroatoms. The molecule has 0 aliphatic carbocycles. The van der Waals surface area contributed by atoms with Crippen molar-refractivity contribution in [2.75, 3.05) is 19.6 Å². The molecule has 1 aromatic heterocycles. The van der Waals surface area contributed by atoms with Crippen molar-refractivity contribution < 1.29 is 14.4 Å². The first-order chi connectivity index (χ1) is 12.4. The van der Waals surface area contributed by atoms with E-state index in [0.717, 1.165) is 25.1 Å². The molecular formula is C18H25N5O3. The van der Waals surface area contributed by atoms with Gasteiger partial charge in [0.25, 0.3) is 11.8 Å². The zero-order valence-corrected chi connectivity index (χ0v) is 15.5. The first kappa shape index (κ1) is 17.1. The second-order valence-electron chi connectivity index (χ2n) is 7.89. The average Bonchev–Trinajstić information content (AvgIpc) is 3.32.